The van der Waals surface area contributed by atoms with Gasteiger partial charge in [0.25, 0.3) is 5.91 Å². The van der Waals surface area contributed by atoms with Gasteiger partial charge in [-0.25, -0.2) is 0 Å². The average molecular weight is 312 g/mol. The van der Waals surface area contributed by atoms with E-state index in [2.05, 4.69) is 16.4 Å². The van der Waals surface area contributed by atoms with Crippen LogP contribution in [0.5, 0.6) is 0 Å². The van der Waals surface area contributed by atoms with Crippen molar-refractivity contribution >= 4 is 16.8 Å². The first-order valence-electron chi connectivity index (χ1n) is 8.36. The van der Waals surface area contributed by atoms with Gasteiger partial charge in [0.2, 0.25) is 0 Å². The first-order chi connectivity index (χ1) is 11.1. The Morgan fingerprint density at radius 1 is 1.22 bits per heavy atom. The lowest BCUT2D eigenvalue weighted by Gasteiger charge is -2.28. The number of nitrogens with one attached hydrogen (secondary N) is 1. The molecule has 1 saturated carbocycles. The van der Waals surface area contributed by atoms with E-state index in [-0.39, 0.29) is 18.6 Å². The van der Waals surface area contributed by atoms with Gasteiger partial charge in [-0.2, -0.15) is 0 Å². The first kappa shape index (κ1) is 15.9. The van der Waals surface area contributed by atoms with Gasteiger partial charge in [0.15, 0.2) is 0 Å². The molecular weight excluding hydrogens is 288 g/mol. The lowest BCUT2D eigenvalue weighted by Crippen LogP contribution is -2.38. The van der Waals surface area contributed by atoms with Crippen LogP contribution >= 0.6 is 0 Å². The van der Waals surface area contributed by atoms with Crippen molar-refractivity contribution < 1.29 is 9.90 Å². The van der Waals surface area contributed by atoms with Gasteiger partial charge in [0.05, 0.1) is 16.8 Å². The van der Waals surface area contributed by atoms with Crippen molar-refractivity contribution in [1.29, 1.82) is 0 Å². The normalized spacial score (nSPS) is 21.3. The molecule has 1 amide bonds. The fourth-order valence-corrected chi connectivity index (χ4v) is 3.37. The highest BCUT2D eigenvalue weighted by Gasteiger charge is 2.23. The lowest BCUT2D eigenvalue weighted by atomic mass is 9.86. The fraction of sp³-hybridized carbons (Fsp3) is 0.474. The van der Waals surface area contributed by atoms with E-state index in [0.717, 1.165) is 47.8 Å². The standard InChI is InChI=1S/C19H24N2O2/c1-12-3-8-18-15(9-12)10-17(13(2)20-18)19(23)21-16-6-4-14(11-22)5-7-16/h3,8-10,14,16,22H,4-7,11H2,1-2H3,(H,21,23). The molecule has 2 N–H and O–H groups in total. The Morgan fingerprint density at radius 2 is 1.96 bits per heavy atom. The highest BCUT2D eigenvalue weighted by atomic mass is 16.3. The van der Waals surface area contributed by atoms with E-state index in [1.807, 2.05) is 32.0 Å². The second-order valence-corrected chi connectivity index (χ2v) is 6.69. The molecule has 3 rings (SSSR count). The predicted molar refractivity (Wildman–Crippen MR) is 91.5 cm³/mol. The monoisotopic (exact) mass is 312 g/mol. The number of rotatable bonds is 3. The Morgan fingerprint density at radius 3 is 2.65 bits per heavy atom. The van der Waals surface area contributed by atoms with E-state index >= 15 is 0 Å². The smallest absolute Gasteiger partial charge is 0.253 e. The van der Waals surface area contributed by atoms with Crippen LogP contribution in [0.3, 0.4) is 0 Å². The quantitative estimate of drug-likeness (QED) is 0.915. The van der Waals surface area contributed by atoms with E-state index in [1.165, 1.54) is 0 Å². The fourth-order valence-electron chi connectivity index (χ4n) is 3.37. The zero-order valence-electron chi connectivity index (χ0n) is 13.8. The first-order valence-corrected chi connectivity index (χ1v) is 8.36. The third-order valence-corrected chi connectivity index (χ3v) is 4.85. The Balaban J connectivity index is 1.77. The minimum absolute atomic E-state index is 0.0362. The van der Waals surface area contributed by atoms with Gasteiger partial charge in [0.1, 0.15) is 0 Å². The van der Waals surface area contributed by atoms with E-state index < -0.39 is 0 Å². The van der Waals surface area contributed by atoms with Crippen LogP contribution in [0.1, 0.15) is 47.3 Å². The Hall–Kier alpha value is -1.94. The second-order valence-electron chi connectivity index (χ2n) is 6.69. The summed E-state index contributed by atoms with van der Waals surface area (Å²) in [5, 5.41) is 13.3. The Kier molecular flexibility index (Phi) is 4.62. The molecule has 1 heterocycles. The number of amides is 1. The summed E-state index contributed by atoms with van der Waals surface area (Å²) in [5.41, 5.74) is 3.51. The molecule has 0 aliphatic heterocycles. The zero-order valence-corrected chi connectivity index (χ0v) is 13.8. The molecule has 0 atom stereocenters. The summed E-state index contributed by atoms with van der Waals surface area (Å²) in [6.07, 6.45) is 3.84. The van der Waals surface area contributed by atoms with E-state index in [9.17, 15) is 9.90 Å². The zero-order chi connectivity index (χ0) is 16.4. The number of pyridine rings is 1. The summed E-state index contributed by atoms with van der Waals surface area (Å²) in [6, 6.07) is 8.24. The number of hydrogen-bond acceptors (Lipinski definition) is 3. The number of hydrogen-bond donors (Lipinski definition) is 2. The van der Waals surface area contributed by atoms with Gasteiger partial charge in [-0.05, 0) is 63.6 Å². The molecule has 0 unspecified atom stereocenters. The molecular formula is C19H24N2O2. The third-order valence-electron chi connectivity index (χ3n) is 4.85. The van der Waals surface area contributed by atoms with Crippen LogP contribution in [-0.4, -0.2) is 28.6 Å². The number of nitrogens with zero attached hydrogens (tertiary/aromatic N) is 1. The number of carbonyl (C=O) groups is 1. The molecule has 1 fully saturated rings. The number of carbonyl (C=O) groups excluding carboxylic acids is 1. The van der Waals surface area contributed by atoms with Crippen molar-refractivity contribution in [3.63, 3.8) is 0 Å². The van der Waals surface area contributed by atoms with Crippen LogP contribution in [0, 0.1) is 19.8 Å². The molecule has 4 heteroatoms. The molecule has 2 aromatic rings. The average Bonchev–Trinajstić information content (AvgIpc) is 2.55. The van der Waals surface area contributed by atoms with Crippen molar-refractivity contribution in [2.24, 2.45) is 5.92 Å². The number of aliphatic hydroxyl groups is 1. The molecule has 0 bridgehead atoms. The SMILES string of the molecule is Cc1ccc2nc(C)c(C(=O)NC3CCC(CO)CC3)cc2c1. The molecule has 1 aliphatic rings. The summed E-state index contributed by atoms with van der Waals surface area (Å²) < 4.78 is 0. The van der Waals surface area contributed by atoms with Gasteiger partial charge in [0, 0.05) is 18.0 Å². The van der Waals surface area contributed by atoms with Crippen LogP contribution in [0.25, 0.3) is 10.9 Å². The molecule has 1 aromatic carbocycles. The van der Waals surface area contributed by atoms with Gasteiger partial charge >= 0.3 is 0 Å². The number of aliphatic hydroxyl groups excluding tert-OH is 1. The molecule has 4 nitrogen and oxygen atoms in total. The maximum Gasteiger partial charge on any atom is 0.253 e. The van der Waals surface area contributed by atoms with Gasteiger partial charge < -0.3 is 10.4 Å². The summed E-state index contributed by atoms with van der Waals surface area (Å²) in [5.74, 6) is 0.362. The maximum atomic E-state index is 12.6. The van der Waals surface area contributed by atoms with E-state index in [0.29, 0.717) is 11.5 Å². The maximum absolute atomic E-state index is 12.6. The largest absolute Gasteiger partial charge is 0.396 e. The summed E-state index contributed by atoms with van der Waals surface area (Å²) in [4.78, 5) is 17.2. The Labute approximate surface area is 136 Å². The molecule has 1 aromatic heterocycles. The number of aryl methyl sites for hydroxylation is 2. The van der Waals surface area contributed by atoms with Crippen LogP contribution in [-0.2, 0) is 0 Å². The van der Waals surface area contributed by atoms with Crippen molar-refractivity contribution in [3.05, 3.63) is 41.1 Å². The van der Waals surface area contributed by atoms with Crippen molar-refractivity contribution in [1.82, 2.24) is 10.3 Å². The summed E-state index contributed by atoms with van der Waals surface area (Å²) >= 11 is 0. The summed E-state index contributed by atoms with van der Waals surface area (Å²) in [7, 11) is 0. The predicted octanol–water partition coefficient (Wildman–Crippen LogP) is 3.13. The number of fused-ring (bicyclic) bond motifs is 1. The molecule has 23 heavy (non-hydrogen) atoms. The van der Waals surface area contributed by atoms with E-state index in [1.54, 1.807) is 0 Å². The number of benzene rings is 1. The lowest BCUT2D eigenvalue weighted by molar-refractivity contribution is 0.0913. The van der Waals surface area contributed by atoms with Crippen LogP contribution in [0.4, 0.5) is 0 Å². The highest BCUT2D eigenvalue weighted by molar-refractivity contribution is 5.98. The minimum Gasteiger partial charge on any atom is -0.396 e. The molecule has 122 valence electrons. The van der Waals surface area contributed by atoms with Gasteiger partial charge in [-0.15, -0.1) is 0 Å². The molecule has 1 aliphatic carbocycles. The Bertz CT molecular complexity index is 719. The summed E-state index contributed by atoms with van der Waals surface area (Å²) in [6.45, 7) is 4.18. The van der Waals surface area contributed by atoms with Crippen molar-refractivity contribution in [2.45, 2.75) is 45.6 Å². The topological polar surface area (TPSA) is 62.2 Å². The van der Waals surface area contributed by atoms with Gasteiger partial charge in [-0.3, -0.25) is 9.78 Å². The van der Waals surface area contributed by atoms with Crippen molar-refractivity contribution in [2.75, 3.05) is 6.61 Å². The second kappa shape index (κ2) is 6.67. The third kappa shape index (κ3) is 3.53. The number of aromatic nitrogens is 1. The minimum atomic E-state index is -0.0362. The molecule has 0 spiro atoms. The highest BCUT2D eigenvalue weighted by Crippen LogP contribution is 2.24. The van der Waals surface area contributed by atoms with E-state index in [4.69, 9.17) is 0 Å². The van der Waals surface area contributed by atoms with Crippen molar-refractivity contribution in [3.8, 4) is 0 Å². The van der Waals surface area contributed by atoms with Crippen LogP contribution in [0.15, 0.2) is 24.3 Å². The molecule has 0 saturated heterocycles. The van der Waals surface area contributed by atoms with Crippen LogP contribution in [0.2, 0.25) is 0 Å². The van der Waals surface area contributed by atoms with Crippen LogP contribution < -0.4 is 5.32 Å². The molecule has 0 radical (unpaired) electrons. The van der Waals surface area contributed by atoms with Gasteiger partial charge in [-0.1, -0.05) is 11.6 Å².